The number of hydrogen-bond donors (Lipinski definition) is 1. The molecule has 1 rings (SSSR count). The summed E-state index contributed by atoms with van der Waals surface area (Å²) in [7, 11) is 0. The van der Waals surface area contributed by atoms with Crippen molar-refractivity contribution >= 4 is 12.1 Å². The Bertz CT molecular complexity index is 295. The van der Waals surface area contributed by atoms with Crippen LogP contribution in [0.2, 0.25) is 0 Å². The number of ether oxygens (including phenoxy) is 1. The third-order valence-corrected chi connectivity index (χ3v) is 2.70. The van der Waals surface area contributed by atoms with Crippen molar-refractivity contribution in [2.45, 2.75) is 46.1 Å². The summed E-state index contributed by atoms with van der Waals surface area (Å²) in [6, 6.07) is -0.278. The Kier molecular flexibility index (Phi) is 4.37. The van der Waals surface area contributed by atoms with Gasteiger partial charge in [0.25, 0.3) is 0 Å². The maximum atomic E-state index is 11.6. The summed E-state index contributed by atoms with van der Waals surface area (Å²) in [6.45, 7) is 7.14. The molecule has 1 aliphatic heterocycles. The Balaban J connectivity index is 2.73. The van der Waals surface area contributed by atoms with Gasteiger partial charge in [-0.3, -0.25) is 4.79 Å². The van der Waals surface area contributed by atoms with Gasteiger partial charge in [-0.2, -0.15) is 0 Å². The van der Waals surface area contributed by atoms with E-state index in [-0.39, 0.29) is 24.0 Å². The molecular weight excluding hydrogens is 222 g/mol. The molecule has 1 atom stereocenters. The molecule has 0 saturated carbocycles. The van der Waals surface area contributed by atoms with E-state index in [9.17, 15) is 9.59 Å². The Morgan fingerprint density at radius 1 is 1.53 bits per heavy atom. The van der Waals surface area contributed by atoms with E-state index in [1.165, 1.54) is 0 Å². The van der Waals surface area contributed by atoms with Gasteiger partial charge in [0.15, 0.2) is 0 Å². The summed E-state index contributed by atoms with van der Waals surface area (Å²) >= 11 is 0. The van der Waals surface area contributed by atoms with Crippen LogP contribution in [0.15, 0.2) is 0 Å². The van der Waals surface area contributed by atoms with Gasteiger partial charge in [-0.15, -0.1) is 0 Å². The second-order valence-corrected chi connectivity index (χ2v) is 5.68. The number of carboxylic acids is 1. The van der Waals surface area contributed by atoms with Gasteiger partial charge in [0.1, 0.15) is 0 Å². The molecule has 0 aromatic carbocycles. The Labute approximate surface area is 102 Å². The van der Waals surface area contributed by atoms with Crippen LogP contribution in [-0.2, 0) is 9.53 Å². The Morgan fingerprint density at radius 3 is 2.65 bits per heavy atom. The molecule has 0 aromatic heterocycles. The van der Waals surface area contributed by atoms with Gasteiger partial charge in [0.2, 0.25) is 0 Å². The molecular formula is C12H21NO4. The highest BCUT2D eigenvalue weighted by molar-refractivity contribution is 5.72. The molecule has 1 unspecified atom stereocenters. The normalized spacial score (nSPS) is 18.8. The van der Waals surface area contributed by atoms with Crippen molar-refractivity contribution in [2.24, 2.45) is 5.41 Å². The molecule has 1 heterocycles. The molecule has 5 nitrogen and oxygen atoms in total. The molecule has 5 heteroatoms. The lowest BCUT2D eigenvalue weighted by atomic mass is 9.86. The molecule has 1 amide bonds. The van der Waals surface area contributed by atoms with Crippen molar-refractivity contribution in [2.75, 3.05) is 13.2 Å². The highest BCUT2D eigenvalue weighted by Crippen LogP contribution is 2.26. The SMILES string of the molecule is CC(C)(C)CC(CC(=O)O)N1CCCOC1=O. The number of nitrogens with zero attached hydrogens (tertiary/aromatic N) is 1. The van der Waals surface area contributed by atoms with Gasteiger partial charge in [0, 0.05) is 12.6 Å². The van der Waals surface area contributed by atoms with Crippen molar-refractivity contribution < 1.29 is 19.4 Å². The summed E-state index contributed by atoms with van der Waals surface area (Å²) in [5.41, 5.74) is -0.0160. The maximum absolute atomic E-state index is 11.6. The predicted molar refractivity (Wildman–Crippen MR) is 62.8 cm³/mol. The Hall–Kier alpha value is -1.26. The summed E-state index contributed by atoms with van der Waals surface area (Å²) in [6.07, 6.45) is 1.03. The monoisotopic (exact) mass is 243 g/mol. The van der Waals surface area contributed by atoms with Gasteiger partial charge in [-0.25, -0.2) is 4.79 Å². The van der Waals surface area contributed by atoms with E-state index in [1.54, 1.807) is 4.90 Å². The van der Waals surface area contributed by atoms with Crippen molar-refractivity contribution in [1.29, 1.82) is 0 Å². The predicted octanol–water partition coefficient (Wildman–Crippen LogP) is 2.11. The number of aliphatic carboxylic acids is 1. The smallest absolute Gasteiger partial charge is 0.410 e. The molecule has 0 spiro atoms. The molecule has 17 heavy (non-hydrogen) atoms. The molecule has 0 aliphatic carbocycles. The molecule has 0 bridgehead atoms. The fourth-order valence-electron chi connectivity index (χ4n) is 2.10. The van der Waals surface area contributed by atoms with Gasteiger partial charge in [-0.05, 0) is 18.3 Å². The van der Waals surface area contributed by atoms with Gasteiger partial charge in [-0.1, -0.05) is 20.8 Å². The van der Waals surface area contributed by atoms with E-state index in [4.69, 9.17) is 9.84 Å². The molecule has 1 N–H and O–H groups in total. The van der Waals surface area contributed by atoms with Crippen LogP contribution in [0.4, 0.5) is 4.79 Å². The topological polar surface area (TPSA) is 66.8 Å². The van der Waals surface area contributed by atoms with E-state index in [1.807, 2.05) is 20.8 Å². The average molecular weight is 243 g/mol. The third kappa shape index (κ3) is 4.63. The van der Waals surface area contributed by atoms with Crippen molar-refractivity contribution in [3.05, 3.63) is 0 Å². The highest BCUT2D eigenvalue weighted by atomic mass is 16.6. The minimum atomic E-state index is -0.877. The lowest BCUT2D eigenvalue weighted by Crippen LogP contribution is -2.47. The number of amides is 1. The third-order valence-electron chi connectivity index (χ3n) is 2.70. The van der Waals surface area contributed by atoms with E-state index < -0.39 is 5.97 Å². The van der Waals surface area contributed by atoms with Gasteiger partial charge >= 0.3 is 12.1 Å². The standard InChI is InChI=1S/C12H21NO4/c1-12(2,3)8-9(7-10(14)15)13-5-4-6-17-11(13)16/h9H,4-8H2,1-3H3,(H,14,15). The minimum Gasteiger partial charge on any atom is -0.481 e. The van der Waals surface area contributed by atoms with Crippen LogP contribution in [0.25, 0.3) is 0 Å². The molecule has 1 aliphatic rings. The summed E-state index contributed by atoms with van der Waals surface area (Å²) in [5.74, 6) is -0.877. The average Bonchev–Trinajstić information content (AvgIpc) is 2.14. The van der Waals surface area contributed by atoms with Crippen LogP contribution in [-0.4, -0.2) is 41.3 Å². The first kappa shape index (κ1) is 13.8. The summed E-state index contributed by atoms with van der Waals surface area (Å²) in [4.78, 5) is 24.0. The maximum Gasteiger partial charge on any atom is 0.410 e. The van der Waals surface area contributed by atoms with Crippen LogP contribution in [0.3, 0.4) is 0 Å². The number of cyclic esters (lactones) is 1. The van der Waals surface area contributed by atoms with Crippen molar-refractivity contribution in [1.82, 2.24) is 4.90 Å². The van der Waals surface area contributed by atoms with E-state index in [2.05, 4.69) is 0 Å². The van der Waals surface area contributed by atoms with Crippen molar-refractivity contribution in [3.63, 3.8) is 0 Å². The van der Waals surface area contributed by atoms with Gasteiger partial charge in [0.05, 0.1) is 13.0 Å². The first-order chi connectivity index (χ1) is 7.79. The van der Waals surface area contributed by atoms with Crippen LogP contribution in [0, 0.1) is 5.41 Å². The number of hydrogen-bond acceptors (Lipinski definition) is 3. The van der Waals surface area contributed by atoms with Crippen LogP contribution in [0.1, 0.15) is 40.0 Å². The van der Waals surface area contributed by atoms with Crippen molar-refractivity contribution in [3.8, 4) is 0 Å². The highest BCUT2D eigenvalue weighted by Gasteiger charge is 2.32. The number of carbonyl (C=O) groups is 2. The Morgan fingerprint density at radius 2 is 2.18 bits per heavy atom. The number of carbonyl (C=O) groups excluding carboxylic acids is 1. The molecule has 98 valence electrons. The van der Waals surface area contributed by atoms with E-state index >= 15 is 0 Å². The first-order valence-corrected chi connectivity index (χ1v) is 5.95. The van der Waals surface area contributed by atoms with Crippen LogP contribution < -0.4 is 0 Å². The molecule has 0 aromatic rings. The van der Waals surface area contributed by atoms with E-state index in [0.29, 0.717) is 19.6 Å². The number of carboxylic acid groups (broad SMARTS) is 1. The minimum absolute atomic E-state index is 0.0160. The summed E-state index contributed by atoms with van der Waals surface area (Å²) in [5, 5.41) is 8.92. The first-order valence-electron chi connectivity index (χ1n) is 5.95. The summed E-state index contributed by atoms with van der Waals surface area (Å²) < 4.78 is 4.96. The molecule has 1 saturated heterocycles. The second-order valence-electron chi connectivity index (χ2n) is 5.68. The lowest BCUT2D eigenvalue weighted by Gasteiger charge is -2.36. The fourth-order valence-corrected chi connectivity index (χ4v) is 2.10. The zero-order valence-electron chi connectivity index (χ0n) is 10.7. The molecule has 0 radical (unpaired) electrons. The van der Waals surface area contributed by atoms with Crippen LogP contribution in [0.5, 0.6) is 0 Å². The fraction of sp³-hybridized carbons (Fsp3) is 0.833. The zero-order valence-corrected chi connectivity index (χ0v) is 10.7. The van der Waals surface area contributed by atoms with E-state index in [0.717, 1.165) is 6.42 Å². The lowest BCUT2D eigenvalue weighted by molar-refractivity contribution is -0.138. The zero-order chi connectivity index (χ0) is 13.1. The quantitative estimate of drug-likeness (QED) is 0.821. The van der Waals surface area contributed by atoms with Crippen LogP contribution >= 0.6 is 0 Å². The number of rotatable bonds is 4. The largest absolute Gasteiger partial charge is 0.481 e. The molecule has 1 fully saturated rings. The van der Waals surface area contributed by atoms with Gasteiger partial charge < -0.3 is 14.7 Å². The second kappa shape index (κ2) is 5.38.